The van der Waals surface area contributed by atoms with E-state index in [4.69, 9.17) is 0 Å². The van der Waals surface area contributed by atoms with Gasteiger partial charge in [0.25, 0.3) is 0 Å². The van der Waals surface area contributed by atoms with Gasteiger partial charge < -0.3 is 0 Å². The summed E-state index contributed by atoms with van der Waals surface area (Å²) in [6.45, 7) is 2.27. The summed E-state index contributed by atoms with van der Waals surface area (Å²) < 4.78 is 0. The first-order chi connectivity index (χ1) is 14.3. The Kier molecular flexibility index (Phi) is 9.28. The monoisotopic (exact) mass is 505 g/mol. The Morgan fingerprint density at radius 3 is 1.03 bits per heavy atom. The zero-order chi connectivity index (χ0) is 20.3. The minimum absolute atomic E-state index is 0.149. The van der Waals surface area contributed by atoms with Crippen molar-refractivity contribution in [1.82, 2.24) is 0 Å². The van der Waals surface area contributed by atoms with Gasteiger partial charge in [0.15, 0.2) is 0 Å². The van der Waals surface area contributed by atoms with Crippen molar-refractivity contribution in [3.05, 3.63) is 121 Å². The van der Waals surface area contributed by atoms with Crippen LogP contribution in [0.25, 0.3) is 0 Å². The van der Waals surface area contributed by atoms with Crippen molar-refractivity contribution >= 4 is 35.3 Å². The summed E-state index contributed by atoms with van der Waals surface area (Å²) in [6, 6.07) is 42.7. The van der Waals surface area contributed by atoms with E-state index in [0.29, 0.717) is 0 Å². The van der Waals surface area contributed by atoms with Crippen molar-refractivity contribution in [1.29, 1.82) is 0 Å². The van der Waals surface area contributed by atoms with Gasteiger partial charge in [-0.3, -0.25) is 0 Å². The molecule has 4 rings (SSSR count). The first kappa shape index (κ1) is 22.1. The van der Waals surface area contributed by atoms with Crippen LogP contribution in [0.5, 0.6) is 0 Å². The Balaban J connectivity index is 0.000000166. The number of hydrogen-bond acceptors (Lipinski definition) is 0. The standard InChI is InChI=1S/C14H15P.C12H10P.Pd/c1-2-15(13-9-5-3-6-10-13)14-11-7-4-8-12-14;1-3-7-11(8-4-1)13-12-9-5-2-6-10-12;/h3-12H,2H2,1H3;1-10H;/q;-1;+1. The molecule has 0 heterocycles. The van der Waals surface area contributed by atoms with Crippen molar-refractivity contribution in [2.24, 2.45) is 0 Å². The van der Waals surface area contributed by atoms with Crippen molar-refractivity contribution in [3.63, 3.8) is 0 Å². The summed E-state index contributed by atoms with van der Waals surface area (Å²) in [5, 5.41) is 5.69. The van der Waals surface area contributed by atoms with Crippen molar-refractivity contribution < 1.29 is 18.7 Å². The Morgan fingerprint density at radius 2 is 0.759 bits per heavy atom. The summed E-state index contributed by atoms with van der Waals surface area (Å²) in [5.41, 5.74) is 0. The van der Waals surface area contributed by atoms with Crippen molar-refractivity contribution in [2.75, 3.05) is 6.16 Å². The van der Waals surface area contributed by atoms with Gasteiger partial charge in [-0.1, -0.05) is 67.6 Å². The normalized spacial score (nSPS) is 10.5. The van der Waals surface area contributed by atoms with Crippen LogP contribution in [-0.2, 0) is 18.7 Å². The fraction of sp³-hybridized carbons (Fsp3) is 0.0769. The topological polar surface area (TPSA) is 0 Å². The molecular weight excluding hydrogens is 481 g/mol. The van der Waals surface area contributed by atoms with E-state index in [2.05, 4.69) is 147 Å². The second-order valence-corrected chi connectivity index (χ2v) is 12.5. The number of benzene rings is 4. The molecule has 0 aromatic heterocycles. The molecule has 29 heavy (non-hydrogen) atoms. The molecule has 0 unspecified atom stereocenters. The summed E-state index contributed by atoms with van der Waals surface area (Å²) in [7, 11) is -0.149. The first-order valence-electron chi connectivity index (χ1n) is 9.70. The molecule has 4 aromatic carbocycles. The van der Waals surface area contributed by atoms with Crippen LogP contribution in [0, 0.1) is 0 Å². The zero-order valence-electron chi connectivity index (χ0n) is 16.5. The fourth-order valence-electron chi connectivity index (χ4n) is 2.98. The molecule has 0 saturated heterocycles. The van der Waals surface area contributed by atoms with Gasteiger partial charge in [-0.05, 0) is 24.7 Å². The average molecular weight is 506 g/mol. The third kappa shape index (κ3) is 6.71. The second kappa shape index (κ2) is 12.2. The summed E-state index contributed by atoms with van der Waals surface area (Å²) in [4.78, 5) is 0. The minimum atomic E-state index is -0.321. The summed E-state index contributed by atoms with van der Waals surface area (Å²) >= 11 is 3.47. The average Bonchev–Trinajstić information content (AvgIpc) is 2.82. The molecule has 0 aliphatic rings. The predicted octanol–water partition coefficient (Wildman–Crippen LogP) is 5.72. The van der Waals surface area contributed by atoms with E-state index in [9.17, 15) is 0 Å². The fourth-order valence-corrected chi connectivity index (χ4v) is 7.59. The summed E-state index contributed by atoms with van der Waals surface area (Å²) in [6.07, 6.45) is 0.891. The molecule has 0 aliphatic heterocycles. The van der Waals surface area contributed by atoms with Gasteiger partial charge in [-0.2, -0.15) is 0 Å². The van der Waals surface area contributed by atoms with Crippen LogP contribution < -0.4 is 21.2 Å². The molecule has 0 amide bonds. The van der Waals surface area contributed by atoms with Crippen LogP contribution in [0.15, 0.2) is 121 Å². The van der Waals surface area contributed by atoms with Crippen molar-refractivity contribution in [3.8, 4) is 0 Å². The van der Waals surface area contributed by atoms with Gasteiger partial charge in [-0.25, -0.2) is 0 Å². The SMILES string of the molecule is CCP(c1ccccc1)c1ccccc1.[Pd][P](c1ccccc1)c1ccccc1. The molecule has 3 heteroatoms. The van der Waals surface area contributed by atoms with Crippen molar-refractivity contribution in [2.45, 2.75) is 6.92 Å². The molecule has 0 N–H and O–H groups in total. The molecule has 0 nitrogen and oxygen atoms in total. The third-order valence-electron chi connectivity index (χ3n) is 4.39. The molecule has 0 aliphatic carbocycles. The van der Waals surface area contributed by atoms with Crippen LogP contribution in [0.2, 0.25) is 0 Å². The Hall–Kier alpha value is -1.60. The Bertz CT molecular complexity index is 866. The van der Waals surface area contributed by atoms with Gasteiger partial charge in [0.05, 0.1) is 0 Å². The maximum absolute atomic E-state index is 3.47. The maximum atomic E-state index is 3.47. The van der Waals surface area contributed by atoms with Crippen LogP contribution >= 0.6 is 14.0 Å². The van der Waals surface area contributed by atoms with E-state index < -0.39 is 0 Å². The van der Waals surface area contributed by atoms with Crippen LogP contribution in [-0.4, -0.2) is 6.16 Å². The molecule has 4 aromatic rings. The third-order valence-corrected chi connectivity index (χ3v) is 10.7. The van der Waals surface area contributed by atoms with E-state index in [1.165, 1.54) is 27.4 Å². The van der Waals surface area contributed by atoms with Crippen LogP contribution in [0.4, 0.5) is 0 Å². The van der Waals surface area contributed by atoms with Gasteiger partial charge in [-0.15, -0.1) is 0 Å². The van der Waals surface area contributed by atoms with Gasteiger partial charge in [0, 0.05) is 0 Å². The molecule has 0 bridgehead atoms. The Morgan fingerprint density at radius 1 is 0.483 bits per heavy atom. The summed E-state index contributed by atoms with van der Waals surface area (Å²) in [5.74, 6) is 0. The number of rotatable bonds is 5. The van der Waals surface area contributed by atoms with E-state index in [1.54, 1.807) is 0 Å². The van der Waals surface area contributed by atoms with E-state index in [0.717, 1.165) is 0 Å². The zero-order valence-corrected chi connectivity index (χ0v) is 19.8. The molecule has 0 fully saturated rings. The molecule has 0 saturated carbocycles. The second-order valence-electron chi connectivity index (χ2n) is 6.34. The first-order valence-corrected chi connectivity index (χ1v) is 14.5. The Labute approximate surface area is 187 Å². The van der Waals surface area contributed by atoms with E-state index in [-0.39, 0.29) is 14.0 Å². The number of hydrogen-bond donors (Lipinski definition) is 0. The van der Waals surface area contributed by atoms with Gasteiger partial charge in [0.1, 0.15) is 0 Å². The van der Waals surface area contributed by atoms with Gasteiger partial charge in [0.2, 0.25) is 0 Å². The molecular formula is C26H25P2Pd. The van der Waals surface area contributed by atoms with E-state index >= 15 is 0 Å². The quantitative estimate of drug-likeness (QED) is 0.240. The van der Waals surface area contributed by atoms with Gasteiger partial charge >= 0.3 is 96.1 Å². The molecule has 0 atom stereocenters. The molecule has 0 spiro atoms. The molecule has 149 valence electrons. The van der Waals surface area contributed by atoms with E-state index in [1.807, 2.05) is 0 Å². The predicted molar refractivity (Wildman–Crippen MR) is 129 cm³/mol. The van der Waals surface area contributed by atoms with Crippen LogP contribution in [0.1, 0.15) is 6.92 Å². The van der Waals surface area contributed by atoms with Crippen LogP contribution in [0.3, 0.4) is 0 Å². The molecule has 0 radical (unpaired) electrons.